The Balaban J connectivity index is 1.39. The van der Waals surface area contributed by atoms with Gasteiger partial charge >= 0.3 is 0 Å². The van der Waals surface area contributed by atoms with E-state index in [9.17, 15) is 9.18 Å². The molecule has 0 bridgehead atoms. The number of nitrogens with one attached hydrogen (secondary N) is 4. The zero-order valence-corrected chi connectivity index (χ0v) is 13.5. The lowest BCUT2D eigenvalue weighted by molar-refractivity contribution is 0.0909. The van der Waals surface area contributed by atoms with E-state index in [-0.39, 0.29) is 17.9 Å². The van der Waals surface area contributed by atoms with E-state index in [1.807, 2.05) is 18.2 Å². The van der Waals surface area contributed by atoms with E-state index in [0.717, 1.165) is 17.1 Å². The van der Waals surface area contributed by atoms with Gasteiger partial charge in [0.05, 0.1) is 6.54 Å². The average molecular weight is 339 g/mol. The topological polar surface area (TPSA) is 77.5 Å². The molecule has 2 heterocycles. The first-order valence-corrected chi connectivity index (χ1v) is 8.19. The highest BCUT2D eigenvalue weighted by atomic mass is 19.1. The third-order valence-electron chi connectivity index (χ3n) is 4.33. The van der Waals surface area contributed by atoms with Crippen LogP contribution in [0.5, 0.6) is 0 Å². The van der Waals surface area contributed by atoms with Gasteiger partial charge in [-0.3, -0.25) is 10.2 Å². The number of benzene rings is 2. The largest absolute Gasteiger partial charge is 0.343 e. The molecule has 4 N–H and O–H groups in total. The van der Waals surface area contributed by atoms with Crippen LogP contribution in [0.3, 0.4) is 0 Å². The Morgan fingerprint density at radius 1 is 1.16 bits per heavy atom. The molecule has 2 aliphatic heterocycles. The van der Waals surface area contributed by atoms with Crippen molar-refractivity contribution in [1.29, 1.82) is 0 Å². The zero-order chi connectivity index (χ0) is 17.2. The fourth-order valence-electron chi connectivity index (χ4n) is 3.10. The van der Waals surface area contributed by atoms with Crippen molar-refractivity contribution in [2.75, 3.05) is 18.4 Å². The summed E-state index contributed by atoms with van der Waals surface area (Å²) in [5.74, 6) is 0.435. The molecule has 7 heteroatoms. The Bertz CT molecular complexity index is 851. The van der Waals surface area contributed by atoms with Crippen LogP contribution in [0.1, 0.15) is 27.7 Å². The van der Waals surface area contributed by atoms with Crippen LogP contribution in [-0.2, 0) is 6.42 Å². The Hall–Kier alpha value is -2.77. The average Bonchev–Trinajstić information content (AvgIpc) is 2.63. The zero-order valence-electron chi connectivity index (χ0n) is 13.5. The number of amides is 1. The van der Waals surface area contributed by atoms with Gasteiger partial charge in [-0.05, 0) is 36.7 Å². The molecule has 0 radical (unpaired) electrons. The van der Waals surface area contributed by atoms with E-state index in [4.69, 9.17) is 0 Å². The lowest BCUT2D eigenvalue weighted by atomic mass is 9.99. The summed E-state index contributed by atoms with van der Waals surface area (Å²) < 4.78 is 13.6. The molecule has 6 nitrogen and oxygen atoms in total. The van der Waals surface area contributed by atoms with Gasteiger partial charge in [0.1, 0.15) is 17.8 Å². The number of aliphatic imine (C=N–C) groups is 1. The molecule has 2 aromatic rings. The first-order chi connectivity index (χ1) is 12.2. The van der Waals surface area contributed by atoms with Crippen molar-refractivity contribution < 1.29 is 9.18 Å². The second kappa shape index (κ2) is 6.62. The summed E-state index contributed by atoms with van der Waals surface area (Å²) in [6, 6.07) is 12.4. The maximum Gasteiger partial charge on any atom is 0.265 e. The SMILES string of the molecule is O=C1NNC2N=C(CNCCc3ccccc3F)Nc3cccc1c32. The summed E-state index contributed by atoms with van der Waals surface area (Å²) in [6.45, 7) is 1.17. The fraction of sp³-hybridized carbons (Fsp3) is 0.222. The first-order valence-electron chi connectivity index (χ1n) is 8.19. The van der Waals surface area contributed by atoms with Crippen LogP contribution in [0.25, 0.3) is 0 Å². The third kappa shape index (κ3) is 3.11. The minimum absolute atomic E-state index is 0.156. The van der Waals surface area contributed by atoms with Gasteiger partial charge in [0.2, 0.25) is 0 Å². The maximum absolute atomic E-state index is 13.6. The normalized spacial score (nSPS) is 18.0. The van der Waals surface area contributed by atoms with Gasteiger partial charge in [-0.15, -0.1) is 0 Å². The fourth-order valence-corrected chi connectivity index (χ4v) is 3.10. The van der Waals surface area contributed by atoms with Crippen LogP contribution in [0, 0.1) is 5.82 Å². The van der Waals surface area contributed by atoms with Gasteiger partial charge < -0.3 is 10.6 Å². The number of carbonyl (C=O) groups is 1. The van der Waals surface area contributed by atoms with Crippen LogP contribution < -0.4 is 21.5 Å². The third-order valence-corrected chi connectivity index (χ3v) is 4.33. The monoisotopic (exact) mass is 339 g/mol. The van der Waals surface area contributed by atoms with E-state index in [1.165, 1.54) is 6.07 Å². The lowest BCUT2D eigenvalue weighted by Gasteiger charge is -2.31. The molecule has 1 amide bonds. The minimum Gasteiger partial charge on any atom is -0.343 e. The van der Waals surface area contributed by atoms with Gasteiger partial charge in [0, 0.05) is 16.8 Å². The Kier molecular flexibility index (Phi) is 4.17. The van der Waals surface area contributed by atoms with Crippen LogP contribution in [0.15, 0.2) is 47.5 Å². The number of halogens is 1. The van der Waals surface area contributed by atoms with Crippen molar-refractivity contribution >= 4 is 17.4 Å². The molecule has 0 aromatic heterocycles. The summed E-state index contributed by atoms with van der Waals surface area (Å²) in [4.78, 5) is 16.5. The maximum atomic E-state index is 13.6. The second-order valence-corrected chi connectivity index (χ2v) is 5.99. The van der Waals surface area contributed by atoms with Gasteiger partial charge in [-0.1, -0.05) is 24.3 Å². The molecular weight excluding hydrogens is 321 g/mol. The second-order valence-electron chi connectivity index (χ2n) is 5.99. The quantitative estimate of drug-likeness (QED) is 0.626. The number of nitrogens with zero attached hydrogens (tertiary/aromatic N) is 1. The lowest BCUT2D eigenvalue weighted by Crippen LogP contribution is -2.47. The van der Waals surface area contributed by atoms with Gasteiger partial charge in [0.15, 0.2) is 0 Å². The summed E-state index contributed by atoms with van der Waals surface area (Å²) in [5, 5.41) is 6.53. The predicted molar refractivity (Wildman–Crippen MR) is 93.8 cm³/mol. The number of hydrogen-bond acceptors (Lipinski definition) is 5. The molecule has 1 unspecified atom stereocenters. The van der Waals surface area contributed by atoms with Crippen LogP contribution in [0.4, 0.5) is 10.1 Å². The molecule has 4 rings (SSSR count). The van der Waals surface area contributed by atoms with Crippen LogP contribution >= 0.6 is 0 Å². The number of amidine groups is 1. The standard InChI is InChI=1S/C18H18FN5O/c19-13-6-2-1-4-11(13)8-9-20-10-15-21-14-7-3-5-12-16(14)17(22-15)23-24-18(12)25/h1-7,17,20,23H,8-10H2,(H,21,22)(H,24,25). The number of hydrogen-bond donors (Lipinski definition) is 4. The predicted octanol–water partition coefficient (Wildman–Crippen LogP) is 1.73. The number of anilines is 1. The molecule has 0 saturated heterocycles. The minimum atomic E-state index is -0.298. The molecule has 0 aliphatic carbocycles. The Morgan fingerprint density at radius 2 is 2.04 bits per heavy atom. The van der Waals surface area contributed by atoms with Gasteiger partial charge in [-0.2, -0.15) is 0 Å². The van der Waals surface area contributed by atoms with E-state index < -0.39 is 0 Å². The first kappa shape index (κ1) is 15.7. The smallest absolute Gasteiger partial charge is 0.265 e. The van der Waals surface area contributed by atoms with E-state index in [2.05, 4.69) is 26.5 Å². The summed E-state index contributed by atoms with van der Waals surface area (Å²) >= 11 is 0. The summed E-state index contributed by atoms with van der Waals surface area (Å²) in [5.41, 5.74) is 8.61. The van der Waals surface area contributed by atoms with Crippen LogP contribution in [0.2, 0.25) is 0 Å². The highest BCUT2D eigenvalue weighted by Gasteiger charge is 2.30. The van der Waals surface area contributed by atoms with Gasteiger partial charge in [-0.25, -0.2) is 14.8 Å². The highest BCUT2D eigenvalue weighted by Crippen LogP contribution is 2.32. The van der Waals surface area contributed by atoms with Crippen LogP contribution in [-0.4, -0.2) is 24.8 Å². The van der Waals surface area contributed by atoms with E-state index in [0.29, 0.717) is 30.6 Å². The van der Waals surface area contributed by atoms with Gasteiger partial charge in [0.25, 0.3) is 5.91 Å². The van der Waals surface area contributed by atoms with E-state index in [1.54, 1.807) is 18.2 Å². The Labute approximate surface area is 144 Å². The molecule has 1 atom stereocenters. The molecule has 128 valence electrons. The van der Waals surface area contributed by atoms with Crippen molar-refractivity contribution in [3.8, 4) is 0 Å². The highest BCUT2D eigenvalue weighted by molar-refractivity contribution is 6.04. The Morgan fingerprint density at radius 3 is 2.92 bits per heavy atom. The number of rotatable bonds is 5. The molecule has 25 heavy (non-hydrogen) atoms. The van der Waals surface area contributed by atoms with Crippen molar-refractivity contribution in [2.24, 2.45) is 4.99 Å². The van der Waals surface area contributed by atoms with Crippen molar-refractivity contribution in [3.05, 3.63) is 65.0 Å². The molecule has 0 fully saturated rings. The summed E-state index contributed by atoms with van der Waals surface area (Å²) in [7, 11) is 0. The summed E-state index contributed by atoms with van der Waals surface area (Å²) in [6.07, 6.45) is 0.312. The van der Waals surface area contributed by atoms with Crippen molar-refractivity contribution in [1.82, 2.24) is 16.2 Å². The molecule has 0 saturated carbocycles. The molecular formula is C18H18FN5O. The van der Waals surface area contributed by atoms with Crippen molar-refractivity contribution in [3.63, 3.8) is 0 Å². The molecule has 2 aliphatic rings. The number of carbonyl (C=O) groups excluding carboxylic acids is 1. The molecule has 2 aromatic carbocycles. The molecule has 0 spiro atoms. The van der Waals surface area contributed by atoms with Crippen molar-refractivity contribution in [2.45, 2.75) is 12.6 Å². The van der Waals surface area contributed by atoms with E-state index >= 15 is 0 Å². The number of hydrazine groups is 1.